The first-order valence-electron chi connectivity index (χ1n) is 5.20. The lowest BCUT2D eigenvalue weighted by Gasteiger charge is -2.04. The highest BCUT2D eigenvalue weighted by Crippen LogP contribution is 2.27. The fraction of sp³-hybridized carbons (Fsp3) is 0.667. The average molecular weight is 267 g/mol. The maximum Gasteiger partial charge on any atom is 0.272 e. The van der Waals surface area contributed by atoms with Gasteiger partial charge in [-0.1, -0.05) is 22.9 Å². The van der Waals surface area contributed by atoms with Gasteiger partial charge in [-0.15, -0.1) is 0 Å². The number of halogens is 2. The Morgan fingerprint density at radius 1 is 1.31 bits per heavy atom. The molecule has 4 N–H and O–H groups in total. The van der Waals surface area contributed by atoms with Crippen molar-refractivity contribution in [1.29, 1.82) is 0 Å². The summed E-state index contributed by atoms with van der Waals surface area (Å²) < 4.78 is 13.0. The number of unbranched alkanes of at least 4 members (excludes halogenated alkanes) is 1. The lowest BCUT2D eigenvalue weighted by molar-refractivity contribution is 0.616. The van der Waals surface area contributed by atoms with Crippen LogP contribution >= 0.6 is 22.9 Å². The molecule has 92 valence electrons. The maximum atomic E-state index is 12.7. The zero-order chi connectivity index (χ0) is 11.8. The van der Waals surface area contributed by atoms with Crippen molar-refractivity contribution in [3.8, 4) is 0 Å². The van der Waals surface area contributed by atoms with Crippen LogP contribution < -0.4 is 16.4 Å². The molecule has 16 heavy (non-hydrogen) atoms. The van der Waals surface area contributed by atoms with Crippen LogP contribution in [0.4, 0.5) is 10.2 Å². The zero-order valence-electron chi connectivity index (χ0n) is 8.93. The zero-order valence-corrected chi connectivity index (χ0v) is 10.5. The third kappa shape index (κ3) is 5.07. The fourth-order valence-corrected chi connectivity index (χ4v) is 1.99. The first-order valence-corrected chi connectivity index (χ1v) is 6.40. The third-order valence-electron chi connectivity index (χ3n) is 1.95. The third-order valence-corrected chi connectivity index (χ3v) is 3.00. The minimum Gasteiger partial charge on any atom is -0.368 e. The SMILES string of the molecule is NCCNCCCCNc1nc(F)sc1Cl. The highest BCUT2D eigenvalue weighted by Gasteiger charge is 2.07. The summed E-state index contributed by atoms with van der Waals surface area (Å²) in [7, 11) is 0. The molecule has 0 atom stereocenters. The number of rotatable bonds is 8. The molecule has 1 aromatic heterocycles. The Bertz CT molecular complexity index is 308. The summed E-state index contributed by atoms with van der Waals surface area (Å²) in [5, 5.41) is 5.69. The van der Waals surface area contributed by atoms with E-state index in [2.05, 4.69) is 15.6 Å². The Kier molecular flexibility index (Phi) is 6.63. The minimum atomic E-state index is -0.503. The molecule has 0 saturated carbocycles. The molecule has 0 radical (unpaired) electrons. The van der Waals surface area contributed by atoms with Crippen LogP contribution in [0.25, 0.3) is 0 Å². The standard InChI is InChI=1S/C9H16ClFN4S/c10-7-8(15-9(11)16-7)14-5-2-1-4-13-6-3-12/h13-14H,1-6,12H2. The number of thiazole rings is 1. The van der Waals surface area contributed by atoms with E-state index in [1.54, 1.807) is 0 Å². The van der Waals surface area contributed by atoms with Crippen molar-refractivity contribution in [2.45, 2.75) is 12.8 Å². The molecular formula is C9H16ClFN4S. The summed E-state index contributed by atoms with van der Waals surface area (Å²) in [4.78, 5) is 3.63. The molecule has 0 spiro atoms. The maximum absolute atomic E-state index is 12.7. The Morgan fingerprint density at radius 3 is 2.69 bits per heavy atom. The molecule has 1 heterocycles. The van der Waals surface area contributed by atoms with Crippen LogP contribution in [0.15, 0.2) is 0 Å². The van der Waals surface area contributed by atoms with Crippen LogP contribution in [0.2, 0.25) is 4.34 Å². The van der Waals surface area contributed by atoms with Crippen molar-refractivity contribution in [3.63, 3.8) is 0 Å². The van der Waals surface area contributed by atoms with Crippen LogP contribution in [0, 0.1) is 5.26 Å². The van der Waals surface area contributed by atoms with Crippen molar-refractivity contribution in [2.75, 3.05) is 31.5 Å². The molecule has 1 aromatic rings. The van der Waals surface area contributed by atoms with Gasteiger partial charge in [0, 0.05) is 19.6 Å². The van der Waals surface area contributed by atoms with Gasteiger partial charge in [0.05, 0.1) is 0 Å². The Balaban J connectivity index is 2.05. The first kappa shape index (κ1) is 13.6. The van der Waals surface area contributed by atoms with Gasteiger partial charge in [0.2, 0.25) is 0 Å². The van der Waals surface area contributed by atoms with Crippen LogP contribution in [-0.2, 0) is 0 Å². The van der Waals surface area contributed by atoms with Gasteiger partial charge in [0.1, 0.15) is 4.34 Å². The second-order valence-corrected chi connectivity index (χ2v) is 4.81. The normalized spacial score (nSPS) is 10.7. The van der Waals surface area contributed by atoms with E-state index in [4.69, 9.17) is 17.3 Å². The fourth-order valence-electron chi connectivity index (χ4n) is 1.19. The second kappa shape index (κ2) is 7.78. The van der Waals surface area contributed by atoms with E-state index in [1.807, 2.05) is 0 Å². The lowest BCUT2D eigenvalue weighted by atomic mass is 10.3. The lowest BCUT2D eigenvalue weighted by Crippen LogP contribution is -2.23. The number of nitrogens with two attached hydrogens (primary N) is 1. The number of anilines is 1. The molecule has 4 nitrogen and oxygen atoms in total. The molecule has 0 aliphatic heterocycles. The Hall–Kier alpha value is -0.430. The van der Waals surface area contributed by atoms with Crippen LogP contribution in [0.3, 0.4) is 0 Å². The molecular weight excluding hydrogens is 251 g/mol. The van der Waals surface area contributed by atoms with Gasteiger partial charge in [-0.25, -0.2) is 0 Å². The molecule has 0 saturated heterocycles. The Labute approximate surface area is 103 Å². The molecule has 0 bridgehead atoms. The number of aromatic nitrogens is 1. The van der Waals surface area contributed by atoms with Crippen molar-refractivity contribution in [1.82, 2.24) is 10.3 Å². The number of nitrogens with zero attached hydrogens (tertiary/aromatic N) is 1. The minimum absolute atomic E-state index is 0.374. The average Bonchev–Trinajstić information content (AvgIpc) is 2.56. The largest absolute Gasteiger partial charge is 0.368 e. The molecule has 7 heteroatoms. The van der Waals surface area contributed by atoms with Crippen LogP contribution in [0.1, 0.15) is 12.8 Å². The molecule has 0 aliphatic rings. The van der Waals surface area contributed by atoms with E-state index < -0.39 is 5.26 Å². The summed E-state index contributed by atoms with van der Waals surface area (Å²) in [5.74, 6) is 0.444. The van der Waals surface area contributed by atoms with Crippen molar-refractivity contribution >= 4 is 28.8 Å². The topological polar surface area (TPSA) is 63.0 Å². The highest BCUT2D eigenvalue weighted by molar-refractivity contribution is 7.15. The highest BCUT2D eigenvalue weighted by atomic mass is 35.5. The van der Waals surface area contributed by atoms with Gasteiger partial charge in [0.25, 0.3) is 5.26 Å². The first-order chi connectivity index (χ1) is 7.74. The van der Waals surface area contributed by atoms with Gasteiger partial charge in [-0.2, -0.15) is 9.37 Å². The summed E-state index contributed by atoms with van der Waals surface area (Å²) in [6.45, 7) is 3.19. The smallest absolute Gasteiger partial charge is 0.272 e. The monoisotopic (exact) mass is 266 g/mol. The predicted octanol–water partition coefficient (Wildman–Crippen LogP) is 1.68. The summed E-state index contributed by atoms with van der Waals surface area (Å²) in [6.07, 6.45) is 2.02. The van der Waals surface area contributed by atoms with Gasteiger partial charge in [0.15, 0.2) is 5.82 Å². The van der Waals surface area contributed by atoms with Crippen molar-refractivity contribution in [3.05, 3.63) is 9.60 Å². The van der Waals surface area contributed by atoms with Crippen LogP contribution in [0.5, 0.6) is 0 Å². The van der Waals surface area contributed by atoms with Crippen molar-refractivity contribution in [2.24, 2.45) is 5.73 Å². The van der Waals surface area contributed by atoms with E-state index in [9.17, 15) is 4.39 Å². The number of hydrogen-bond acceptors (Lipinski definition) is 5. The molecule has 1 rings (SSSR count). The summed E-state index contributed by atoms with van der Waals surface area (Å²) >= 11 is 6.60. The van der Waals surface area contributed by atoms with Crippen molar-refractivity contribution < 1.29 is 4.39 Å². The number of hydrogen-bond donors (Lipinski definition) is 3. The van der Waals surface area contributed by atoms with Gasteiger partial charge in [-0.05, 0) is 19.4 Å². The van der Waals surface area contributed by atoms with E-state index in [0.29, 0.717) is 16.7 Å². The van der Waals surface area contributed by atoms with Crippen LogP contribution in [-0.4, -0.2) is 31.2 Å². The van der Waals surface area contributed by atoms with E-state index in [-0.39, 0.29) is 0 Å². The molecule has 0 amide bonds. The van der Waals surface area contributed by atoms with E-state index in [1.165, 1.54) is 0 Å². The van der Waals surface area contributed by atoms with E-state index >= 15 is 0 Å². The van der Waals surface area contributed by atoms with Gasteiger partial charge >= 0.3 is 0 Å². The number of nitrogens with one attached hydrogen (secondary N) is 2. The van der Waals surface area contributed by atoms with Gasteiger partial charge < -0.3 is 16.4 Å². The quantitative estimate of drug-likeness (QED) is 0.627. The second-order valence-electron chi connectivity index (χ2n) is 3.26. The summed E-state index contributed by atoms with van der Waals surface area (Å²) in [6, 6.07) is 0. The predicted molar refractivity (Wildman–Crippen MR) is 66.7 cm³/mol. The van der Waals surface area contributed by atoms with E-state index in [0.717, 1.165) is 43.8 Å². The summed E-state index contributed by atoms with van der Waals surface area (Å²) in [5.41, 5.74) is 5.33. The molecule has 0 fully saturated rings. The van der Waals surface area contributed by atoms with Gasteiger partial charge in [-0.3, -0.25) is 0 Å². The molecule has 0 aromatic carbocycles. The Morgan fingerprint density at radius 2 is 2.06 bits per heavy atom. The molecule has 0 aliphatic carbocycles. The molecule has 0 unspecified atom stereocenters.